The number of aliphatic hydroxyl groups excluding tert-OH is 1. The predicted octanol–water partition coefficient (Wildman–Crippen LogP) is 0.658. The summed E-state index contributed by atoms with van der Waals surface area (Å²) in [6.45, 7) is 2.83. The molecule has 3 fully saturated rings. The summed E-state index contributed by atoms with van der Waals surface area (Å²) < 4.78 is 28.3. The van der Waals surface area contributed by atoms with Gasteiger partial charge in [0.15, 0.2) is 11.6 Å². The van der Waals surface area contributed by atoms with Crippen LogP contribution in [0.25, 0.3) is 10.9 Å². The molecule has 0 bridgehead atoms. The molecule has 1 amide bonds. The van der Waals surface area contributed by atoms with Gasteiger partial charge in [-0.15, -0.1) is 0 Å². The third kappa shape index (κ3) is 3.11. The highest BCUT2D eigenvalue weighted by Gasteiger charge is 2.40. The van der Waals surface area contributed by atoms with E-state index < -0.39 is 12.1 Å². The Balaban J connectivity index is 1.45. The molecule has 1 unspecified atom stereocenters. The molecule has 156 valence electrons. The largest absolute Gasteiger partial charge is 0.369 e. The number of carbonyl (C=O) groups excluding carboxylic acids is 1. The molecule has 29 heavy (non-hydrogen) atoms. The van der Waals surface area contributed by atoms with E-state index >= 15 is 4.39 Å². The average Bonchev–Trinajstić information content (AvgIpc) is 3.27. The minimum atomic E-state index is -1.18. The maximum absolute atomic E-state index is 15.1. The lowest BCUT2D eigenvalue weighted by molar-refractivity contribution is -0.169. The molecule has 3 aliphatic heterocycles. The van der Waals surface area contributed by atoms with Gasteiger partial charge in [0, 0.05) is 51.3 Å². The van der Waals surface area contributed by atoms with Crippen molar-refractivity contribution < 1.29 is 23.8 Å². The number of aliphatic hydroxyl groups is 1. The van der Waals surface area contributed by atoms with E-state index in [9.17, 15) is 9.90 Å². The second-order valence-corrected chi connectivity index (χ2v) is 7.75. The number of piperidine rings is 1. The average molecular weight is 405 g/mol. The van der Waals surface area contributed by atoms with Crippen molar-refractivity contribution in [1.29, 1.82) is 0 Å². The Hall–Kier alpha value is -2.43. The number of anilines is 2. The number of ether oxygens (including phenoxy) is 2. The van der Waals surface area contributed by atoms with Crippen molar-refractivity contribution in [3.8, 4) is 0 Å². The quantitative estimate of drug-likeness (QED) is 0.758. The van der Waals surface area contributed by atoms with Crippen LogP contribution in [0.5, 0.6) is 0 Å². The number of nitrogens with zero attached hydrogens (tertiary/aromatic N) is 4. The monoisotopic (exact) mass is 405 g/mol. The van der Waals surface area contributed by atoms with Crippen molar-refractivity contribution in [2.75, 3.05) is 42.6 Å². The van der Waals surface area contributed by atoms with Gasteiger partial charge >= 0.3 is 0 Å². The van der Waals surface area contributed by atoms with Crippen molar-refractivity contribution in [1.82, 2.24) is 15.1 Å². The van der Waals surface area contributed by atoms with Gasteiger partial charge in [-0.1, -0.05) is 0 Å². The summed E-state index contributed by atoms with van der Waals surface area (Å²) in [5, 5.41) is 17.8. The fraction of sp³-hybridized carbons (Fsp3) is 0.579. The smallest absolute Gasteiger partial charge is 0.225 e. The zero-order chi connectivity index (χ0) is 20.2. The number of aromatic nitrogens is 2. The summed E-state index contributed by atoms with van der Waals surface area (Å²) in [6.07, 6.45) is 0.457. The summed E-state index contributed by atoms with van der Waals surface area (Å²) in [4.78, 5) is 15.1. The van der Waals surface area contributed by atoms with Crippen molar-refractivity contribution in [3.63, 3.8) is 0 Å². The molecule has 2 aromatic rings. The third-order valence-corrected chi connectivity index (χ3v) is 6.02. The molecule has 0 radical (unpaired) electrons. The molecular weight excluding hydrogens is 381 g/mol. The summed E-state index contributed by atoms with van der Waals surface area (Å²) >= 11 is 0. The van der Waals surface area contributed by atoms with E-state index in [2.05, 4.69) is 10.4 Å². The van der Waals surface area contributed by atoms with Gasteiger partial charge in [-0.3, -0.25) is 9.48 Å². The Labute approximate surface area is 167 Å². The van der Waals surface area contributed by atoms with Gasteiger partial charge in [0.2, 0.25) is 12.3 Å². The lowest BCUT2D eigenvalue weighted by Gasteiger charge is -2.38. The highest BCUT2D eigenvalue weighted by atomic mass is 19.1. The molecular formula is C19H24FN5O4. The van der Waals surface area contributed by atoms with Crippen LogP contribution in [0, 0.1) is 5.82 Å². The molecule has 0 aliphatic carbocycles. The first-order valence-corrected chi connectivity index (χ1v) is 9.89. The Morgan fingerprint density at radius 3 is 2.66 bits per heavy atom. The molecule has 5 rings (SSSR count). The van der Waals surface area contributed by atoms with Crippen molar-refractivity contribution in [3.05, 3.63) is 17.9 Å². The van der Waals surface area contributed by atoms with Crippen LogP contribution in [0.3, 0.4) is 0 Å². The maximum Gasteiger partial charge on any atom is 0.225 e. The fourth-order valence-electron chi connectivity index (χ4n) is 4.44. The molecule has 0 saturated carbocycles. The van der Waals surface area contributed by atoms with Gasteiger partial charge in [0.05, 0.1) is 24.4 Å². The number of hydrogen-bond acceptors (Lipinski definition) is 7. The van der Waals surface area contributed by atoms with Crippen LogP contribution in [0.1, 0.15) is 19.3 Å². The first kappa shape index (κ1) is 18.6. The number of amides is 1. The number of carbonyl (C=O) groups is 1. The summed E-state index contributed by atoms with van der Waals surface area (Å²) in [5.41, 5.74) is 1.28. The Kier molecular flexibility index (Phi) is 4.37. The second-order valence-electron chi connectivity index (χ2n) is 7.75. The van der Waals surface area contributed by atoms with Gasteiger partial charge < -0.3 is 29.7 Å². The number of hydrogen-bond donors (Lipinski definition) is 2. The number of benzene rings is 1. The van der Waals surface area contributed by atoms with Crippen molar-refractivity contribution >= 4 is 28.3 Å². The number of fused-ring (bicyclic) bond motifs is 1. The minimum absolute atomic E-state index is 0.222. The van der Waals surface area contributed by atoms with Crippen LogP contribution >= 0.6 is 0 Å². The van der Waals surface area contributed by atoms with Crippen LogP contribution in [-0.4, -0.2) is 65.8 Å². The first-order chi connectivity index (χ1) is 14.0. The zero-order valence-corrected chi connectivity index (χ0v) is 16.2. The molecule has 3 saturated heterocycles. The molecule has 1 spiro atoms. The van der Waals surface area contributed by atoms with Gasteiger partial charge in [0.1, 0.15) is 5.82 Å². The summed E-state index contributed by atoms with van der Waals surface area (Å²) in [7, 11) is 1.79. The molecule has 9 nitrogen and oxygen atoms in total. The van der Waals surface area contributed by atoms with E-state index in [4.69, 9.17) is 9.47 Å². The van der Waals surface area contributed by atoms with Crippen LogP contribution in [-0.2, 0) is 21.3 Å². The lowest BCUT2D eigenvalue weighted by Crippen LogP contribution is -2.54. The molecule has 1 aromatic heterocycles. The van der Waals surface area contributed by atoms with E-state index in [1.807, 2.05) is 4.90 Å². The van der Waals surface area contributed by atoms with E-state index in [1.54, 1.807) is 22.7 Å². The van der Waals surface area contributed by atoms with Gasteiger partial charge in [-0.2, -0.15) is 5.10 Å². The Morgan fingerprint density at radius 1 is 1.24 bits per heavy atom. The minimum Gasteiger partial charge on any atom is -0.369 e. The Morgan fingerprint density at radius 2 is 1.97 bits per heavy atom. The fourth-order valence-corrected chi connectivity index (χ4v) is 4.44. The number of nitrogens with one attached hydrogen (secondary N) is 1. The zero-order valence-electron chi connectivity index (χ0n) is 16.2. The standard InChI is InChI=1S/C19H24FN5O4/c1-23-14-11-15(24-6-3-19(4-7-24)28-8-9-29-19)13(20)10-12(14)17(22-23)25-5-2-16(26)21-18(25)27/h10-11,18,27H,2-9H2,1H3,(H,21,26). The lowest BCUT2D eigenvalue weighted by atomic mass is 10.0. The Bertz CT molecular complexity index is 948. The van der Waals surface area contributed by atoms with Gasteiger partial charge in [-0.05, 0) is 12.1 Å². The van der Waals surface area contributed by atoms with Crippen LogP contribution in [0.2, 0.25) is 0 Å². The molecule has 1 atom stereocenters. The number of rotatable bonds is 2. The predicted molar refractivity (Wildman–Crippen MR) is 103 cm³/mol. The van der Waals surface area contributed by atoms with E-state index in [-0.39, 0.29) is 18.1 Å². The van der Waals surface area contributed by atoms with Crippen molar-refractivity contribution in [2.45, 2.75) is 31.4 Å². The first-order valence-electron chi connectivity index (χ1n) is 9.89. The van der Waals surface area contributed by atoms with E-state index in [0.717, 1.165) is 5.52 Å². The molecule has 2 N–H and O–H groups in total. The van der Waals surface area contributed by atoms with Crippen molar-refractivity contribution in [2.24, 2.45) is 7.05 Å². The van der Waals surface area contributed by atoms with Crippen LogP contribution in [0.15, 0.2) is 12.1 Å². The number of halogens is 1. The summed E-state index contributed by atoms with van der Waals surface area (Å²) in [6, 6.07) is 3.26. The molecule has 4 heterocycles. The van der Waals surface area contributed by atoms with Gasteiger partial charge in [0.25, 0.3) is 0 Å². The highest BCUT2D eigenvalue weighted by Crippen LogP contribution is 2.37. The third-order valence-electron chi connectivity index (χ3n) is 6.02. The van der Waals surface area contributed by atoms with Crippen LogP contribution < -0.4 is 15.1 Å². The van der Waals surface area contributed by atoms with E-state index in [0.29, 0.717) is 62.6 Å². The highest BCUT2D eigenvalue weighted by molar-refractivity contribution is 5.94. The second kappa shape index (κ2) is 6.82. The SMILES string of the molecule is Cn1nc(N2CCC(=O)NC2O)c2cc(F)c(N3CCC4(CC3)OCCO4)cc21. The number of aryl methyl sites for hydroxylation is 1. The maximum atomic E-state index is 15.1. The van der Waals surface area contributed by atoms with Crippen LogP contribution in [0.4, 0.5) is 15.9 Å². The van der Waals surface area contributed by atoms with E-state index in [1.165, 1.54) is 6.07 Å². The molecule has 10 heteroatoms. The topological polar surface area (TPSA) is 92.1 Å². The molecule has 3 aliphatic rings. The molecule has 1 aromatic carbocycles. The van der Waals surface area contributed by atoms with Gasteiger partial charge in [-0.25, -0.2) is 4.39 Å². The normalized spacial score (nSPS) is 24.5. The summed E-state index contributed by atoms with van der Waals surface area (Å²) in [5.74, 6) is -0.621.